The fraction of sp³-hybridized carbons (Fsp3) is 0.458. The zero-order valence-electron chi connectivity index (χ0n) is 36.3. The molecule has 16 nitrogen and oxygen atoms in total. The minimum absolute atomic E-state index is 0.0166. The van der Waals surface area contributed by atoms with Gasteiger partial charge in [0.25, 0.3) is 0 Å². The van der Waals surface area contributed by atoms with E-state index in [0.717, 1.165) is 13.8 Å². The summed E-state index contributed by atoms with van der Waals surface area (Å²) >= 11 is 0. The Kier molecular flexibility index (Phi) is 12.6. The highest BCUT2D eigenvalue weighted by atomic mass is 16.6. The van der Waals surface area contributed by atoms with Gasteiger partial charge in [-0.15, -0.1) is 0 Å². The summed E-state index contributed by atoms with van der Waals surface area (Å²) in [5.74, 6) is -6.33. The Morgan fingerprint density at radius 1 is 0.859 bits per heavy atom. The van der Waals surface area contributed by atoms with Crippen molar-refractivity contribution in [2.45, 2.75) is 115 Å². The number of hydrogen-bond donors (Lipinski definition) is 4. The topological polar surface area (TPSA) is 231 Å². The second-order valence-electron chi connectivity index (χ2n) is 17.7. The minimum atomic E-state index is -2.41. The Morgan fingerprint density at radius 3 is 2.05 bits per heavy atom. The van der Waals surface area contributed by atoms with Gasteiger partial charge in [0.05, 0.1) is 35.6 Å². The van der Waals surface area contributed by atoms with Crippen molar-refractivity contribution in [3.05, 3.63) is 119 Å². The molecule has 1 saturated heterocycles. The molecule has 64 heavy (non-hydrogen) atoms. The number of aliphatic hydroxyl groups is 3. The Morgan fingerprint density at radius 2 is 1.47 bits per heavy atom. The SMILES string of the molecule is CC(=O)O[C@H]1C(=O)[C@@]2(C)[C@H]([C@H](OC(=O)c3ccccc3)[C@]3(O)C[C@H](OC(=O)[C@H](O)C(NC(=O)OCc4ccccc4)c4ccccc4)C(C)=C1C3(C)C)[C@]1(OC(C)=O)CO[C@@H]1C[C@@H]2O. The van der Waals surface area contributed by atoms with E-state index in [0.29, 0.717) is 11.1 Å². The molecule has 3 fully saturated rings. The molecule has 0 spiro atoms. The lowest BCUT2D eigenvalue weighted by molar-refractivity contribution is -0.346. The van der Waals surface area contributed by atoms with Crippen LogP contribution in [0.15, 0.2) is 102 Å². The lowest BCUT2D eigenvalue weighted by Crippen LogP contribution is -2.82. The van der Waals surface area contributed by atoms with E-state index in [1.165, 1.54) is 26.0 Å². The van der Waals surface area contributed by atoms with Gasteiger partial charge in [-0.3, -0.25) is 14.4 Å². The molecule has 2 bridgehead atoms. The number of benzene rings is 3. The van der Waals surface area contributed by atoms with Crippen LogP contribution in [-0.2, 0) is 54.2 Å². The number of esters is 4. The number of rotatable bonds is 11. The van der Waals surface area contributed by atoms with Crippen LogP contribution in [0.5, 0.6) is 0 Å². The second kappa shape index (κ2) is 17.6. The lowest BCUT2D eigenvalue weighted by Gasteiger charge is -2.67. The number of amides is 1. The number of Topliss-reactive ketones (excluding diaryl/α,β-unsaturated/α-hetero) is 1. The number of fused-ring (bicyclic) bond motifs is 5. The Bertz CT molecular complexity index is 2320. The van der Waals surface area contributed by atoms with Crippen LogP contribution in [-0.4, -0.2) is 106 Å². The van der Waals surface area contributed by atoms with Crippen molar-refractivity contribution in [1.29, 1.82) is 0 Å². The van der Waals surface area contributed by atoms with Crippen LogP contribution in [0.2, 0.25) is 0 Å². The first kappa shape index (κ1) is 46.1. The standard InChI is InChI=1S/C48H53NO15/c1-26-32(62-43(56)37(53)36(30-18-12-8-13-19-30)49-44(57)59-24-29-16-10-7-11-17-29)23-48(58)41(63-42(55)31-20-14-9-15-21-31)39-46(6,33(52)22-34-47(39,25-60-34)64-28(3)51)40(54)38(61-27(2)50)35(26)45(48,4)5/h7-21,32-34,36-39,41,52-53,58H,22-25H2,1-6H3,(H,49,57)/t32-,33-,34+,36?,37+,38+,39-,41-,46+,47-,48+/m0/s1. The van der Waals surface area contributed by atoms with Crippen LogP contribution in [0.3, 0.4) is 0 Å². The molecule has 0 aromatic heterocycles. The first-order chi connectivity index (χ1) is 30.3. The third kappa shape index (κ3) is 7.97. The molecule has 7 rings (SSSR count). The van der Waals surface area contributed by atoms with Gasteiger partial charge in [-0.1, -0.05) is 92.7 Å². The maximum atomic E-state index is 15.5. The quantitative estimate of drug-likeness (QED) is 0.120. The van der Waals surface area contributed by atoms with Crippen molar-refractivity contribution in [2.75, 3.05) is 6.61 Å². The van der Waals surface area contributed by atoms with E-state index < -0.39 is 113 Å². The van der Waals surface area contributed by atoms with Crippen LogP contribution >= 0.6 is 0 Å². The van der Waals surface area contributed by atoms with E-state index in [4.69, 9.17) is 28.4 Å². The number of hydrogen-bond acceptors (Lipinski definition) is 15. The summed E-state index contributed by atoms with van der Waals surface area (Å²) in [6.45, 7) is 7.81. The summed E-state index contributed by atoms with van der Waals surface area (Å²) in [5.41, 5.74) is -6.73. The maximum Gasteiger partial charge on any atom is 0.408 e. The molecule has 16 heteroatoms. The first-order valence-corrected chi connectivity index (χ1v) is 21.1. The highest BCUT2D eigenvalue weighted by Gasteiger charge is 2.78. The number of nitrogens with one attached hydrogen (secondary N) is 1. The molecule has 3 aliphatic carbocycles. The third-order valence-corrected chi connectivity index (χ3v) is 13.6. The van der Waals surface area contributed by atoms with Gasteiger partial charge in [-0.2, -0.15) is 0 Å². The van der Waals surface area contributed by atoms with Crippen molar-refractivity contribution >= 4 is 35.8 Å². The summed E-state index contributed by atoms with van der Waals surface area (Å²) in [7, 11) is 0. The predicted octanol–water partition coefficient (Wildman–Crippen LogP) is 4.23. The average molecular weight is 884 g/mol. The van der Waals surface area contributed by atoms with Crippen molar-refractivity contribution in [3.63, 3.8) is 0 Å². The largest absolute Gasteiger partial charge is 0.456 e. The lowest BCUT2D eigenvalue weighted by atomic mass is 9.44. The van der Waals surface area contributed by atoms with Crippen LogP contribution in [0.4, 0.5) is 4.79 Å². The summed E-state index contributed by atoms with van der Waals surface area (Å²) in [6, 6.07) is 23.4. The summed E-state index contributed by atoms with van der Waals surface area (Å²) in [5, 5.41) is 40.1. The molecule has 4 N–H and O–H groups in total. The van der Waals surface area contributed by atoms with Crippen molar-refractivity contribution in [3.8, 4) is 0 Å². The smallest absolute Gasteiger partial charge is 0.408 e. The number of aliphatic hydroxyl groups excluding tert-OH is 2. The fourth-order valence-electron chi connectivity index (χ4n) is 10.3. The molecule has 4 aliphatic rings. The molecular weight excluding hydrogens is 831 g/mol. The highest BCUT2D eigenvalue weighted by Crippen LogP contribution is 2.64. The molecule has 3 aromatic rings. The van der Waals surface area contributed by atoms with Crippen molar-refractivity contribution < 1.29 is 72.5 Å². The molecule has 1 unspecified atom stereocenters. The van der Waals surface area contributed by atoms with Gasteiger partial charge in [0, 0.05) is 32.1 Å². The molecule has 3 aromatic carbocycles. The number of carbonyl (C=O) groups is 6. The molecule has 1 heterocycles. The molecule has 11 atom stereocenters. The minimum Gasteiger partial charge on any atom is -0.456 e. The molecule has 340 valence electrons. The van der Waals surface area contributed by atoms with Gasteiger partial charge in [0.2, 0.25) is 0 Å². The second-order valence-corrected chi connectivity index (χ2v) is 17.7. The van der Waals surface area contributed by atoms with Gasteiger partial charge >= 0.3 is 30.0 Å². The Hall–Kier alpha value is -5.94. The van der Waals surface area contributed by atoms with Gasteiger partial charge in [-0.05, 0) is 48.3 Å². The molecule has 1 aliphatic heterocycles. The van der Waals surface area contributed by atoms with Crippen LogP contribution < -0.4 is 5.32 Å². The van der Waals surface area contributed by atoms with E-state index in [-0.39, 0.29) is 36.3 Å². The summed E-state index contributed by atoms with van der Waals surface area (Å²) in [6.07, 6.45) is -11.6. The molecular formula is C48H53NO15. The van der Waals surface area contributed by atoms with Crippen molar-refractivity contribution in [2.24, 2.45) is 16.7 Å². The first-order valence-electron chi connectivity index (χ1n) is 21.1. The van der Waals surface area contributed by atoms with Gasteiger partial charge < -0.3 is 49.1 Å². The van der Waals surface area contributed by atoms with Gasteiger partial charge in [-0.25, -0.2) is 14.4 Å². The fourth-order valence-corrected chi connectivity index (χ4v) is 10.3. The number of carbonyl (C=O) groups excluding carboxylic acids is 6. The van der Waals surface area contributed by atoms with Crippen LogP contribution in [0, 0.1) is 16.7 Å². The van der Waals surface area contributed by atoms with Crippen molar-refractivity contribution in [1.82, 2.24) is 5.32 Å². The summed E-state index contributed by atoms with van der Waals surface area (Å²) < 4.78 is 35.7. The number of alkyl carbamates (subject to hydrolysis) is 1. The van der Waals surface area contributed by atoms with E-state index in [1.54, 1.807) is 92.7 Å². The predicted molar refractivity (Wildman–Crippen MR) is 224 cm³/mol. The molecule has 0 radical (unpaired) electrons. The van der Waals surface area contributed by atoms with Crippen LogP contribution in [0.1, 0.15) is 81.9 Å². The molecule has 1 amide bonds. The monoisotopic (exact) mass is 883 g/mol. The zero-order chi connectivity index (χ0) is 46.4. The zero-order valence-corrected chi connectivity index (χ0v) is 36.3. The van der Waals surface area contributed by atoms with E-state index >= 15 is 4.79 Å². The number of ether oxygens (including phenoxy) is 6. The maximum absolute atomic E-state index is 15.5. The Balaban J connectivity index is 1.34. The molecule has 2 saturated carbocycles. The third-order valence-electron chi connectivity index (χ3n) is 13.6. The van der Waals surface area contributed by atoms with Crippen LogP contribution in [0.25, 0.3) is 0 Å². The Labute approximate surface area is 369 Å². The van der Waals surface area contributed by atoms with Gasteiger partial charge in [0.1, 0.15) is 30.5 Å². The van der Waals surface area contributed by atoms with E-state index in [2.05, 4.69) is 5.32 Å². The van der Waals surface area contributed by atoms with Gasteiger partial charge in [0.15, 0.2) is 23.6 Å². The summed E-state index contributed by atoms with van der Waals surface area (Å²) in [4.78, 5) is 83.3. The number of ketones is 1. The van der Waals surface area contributed by atoms with E-state index in [9.17, 15) is 39.3 Å². The average Bonchev–Trinajstić information content (AvgIpc) is 3.26. The normalized spacial score (nSPS) is 31.2. The highest BCUT2D eigenvalue weighted by molar-refractivity contribution is 5.95. The van der Waals surface area contributed by atoms with E-state index in [1.807, 2.05) is 0 Å².